The van der Waals surface area contributed by atoms with Crippen LogP contribution >= 0.6 is 0 Å². The molecule has 16 N–H and O–H groups in total. The van der Waals surface area contributed by atoms with E-state index in [4.69, 9.17) is 39.9 Å². The fourth-order valence-corrected chi connectivity index (χ4v) is 20.2. The average molecular weight is 2030 g/mol. The summed E-state index contributed by atoms with van der Waals surface area (Å²) in [7, 11) is -11.3. The van der Waals surface area contributed by atoms with Crippen molar-refractivity contribution in [2.45, 2.75) is 328 Å². The largest absolute Gasteiger partial charge is 0.445 e. The smallest absolute Gasteiger partial charge is 0.410 e. The number of sulfonamides is 3. The molecule has 2 unspecified atom stereocenters. The second kappa shape index (κ2) is 56.4. The molecule has 44 heteroatoms. The van der Waals surface area contributed by atoms with Crippen LogP contribution < -0.4 is 43.4 Å². The first-order valence-corrected chi connectivity index (χ1v) is 52.4. The van der Waals surface area contributed by atoms with Crippen LogP contribution in [-0.2, 0) is 76.5 Å². The van der Waals surface area contributed by atoms with Gasteiger partial charge < -0.3 is 112 Å². The van der Waals surface area contributed by atoms with Crippen molar-refractivity contribution in [2.75, 3.05) is 78.5 Å². The van der Waals surface area contributed by atoms with Gasteiger partial charge in [0, 0.05) is 89.6 Å². The van der Waals surface area contributed by atoms with Crippen molar-refractivity contribution in [3.05, 3.63) is 145 Å². The lowest BCUT2D eigenvalue weighted by molar-refractivity contribution is -0.125. The monoisotopic (exact) mass is 2030 g/mol. The summed E-state index contributed by atoms with van der Waals surface area (Å²) in [6, 6.07) is 29.7. The van der Waals surface area contributed by atoms with E-state index >= 15 is 0 Å². The van der Waals surface area contributed by atoms with Crippen LogP contribution in [-0.4, -0.2) is 316 Å². The van der Waals surface area contributed by atoms with Crippen molar-refractivity contribution < 1.29 is 118 Å². The number of β-amino-alcohol motifs (C(OH)–C–C–N with tert-alkyl or cyclic N) is 6. The molecule has 784 valence electrons. The molecule has 41 nitrogen and oxygen atoms in total. The summed E-state index contributed by atoms with van der Waals surface area (Å²) in [6.45, 7) is 25.1. The molecular weight excluding hydrogens is 1870 g/mol. The molecule has 7 aliphatic rings. The molecule has 140 heavy (non-hydrogen) atoms. The zero-order chi connectivity index (χ0) is 103. The van der Waals surface area contributed by atoms with Gasteiger partial charge in [0.2, 0.25) is 5.91 Å². The summed E-state index contributed by atoms with van der Waals surface area (Å²) in [6.07, 6.45) is 9.44. The van der Waals surface area contributed by atoms with E-state index in [1.54, 1.807) is 98.7 Å². The van der Waals surface area contributed by atoms with Gasteiger partial charge in [-0.2, -0.15) is 12.9 Å². The molecule has 6 aliphatic heterocycles. The fourth-order valence-electron chi connectivity index (χ4n) is 16.0. The Morgan fingerprint density at radius 2 is 0.707 bits per heavy atom. The lowest BCUT2D eigenvalue weighted by Crippen LogP contribution is -2.54. The number of pyridine rings is 3. The SMILES string of the molecule is CC(C)(C)OC(=O)N[C@@H](CC1CCCCC1)C(=O)NC1CCCN(S(=O)(=O)c2ccccn2)CC1O.CC(C)(C)OC(=O)N[C@@H]1CCCN(C(=O)OCc2ccccc2)C[C@H]1O.CC(C)(C)OC(=O)N[C@@H]1CCCN(S(=O)(=O)c2ccccn2)C[C@H]1O.CC(C)(C)OC(=O)N[C@@H]1CCCNC[C@H]1O.N[C@@H]1CCCN(C(=O)OCc2ccccc2)C[C@H]1O.N[C@@H]1CCCN(S(=O)(=O)c2ccccn2)C[C@H]1O. The van der Waals surface area contributed by atoms with Gasteiger partial charge in [0.15, 0.2) is 15.1 Å². The zero-order valence-corrected chi connectivity index (χ0v) is 85.3. The molecule has 5 aromatic rings. The maximum Gasteiger partial charge on any atom is 0.410 e. The van der Waals surface area contributed by atoms with E-state index in [-0.39, 0.29) is 92.2 Å². The number of hydrogen-bond acceptors (Lipinski definition) is 31. The second-order valence-electron chi connectivity index (χ2n) is 39.7. The van der Waals surface area contributed by atoms with E-state index < -0.39 is 156 Å². The number of nitrogens with two attached hydrogens (primary N) is 2. The predicted molar refractivity (Wildman–Crippen MR) is 521 cm³/mol. The number of nitrogens with one attached hydrogen (secondary N) is 6. The second-order valence-corrected chi connectivity index (χ2v) is 45.3. The normalized spacial score (nSPS) is 23.7. The third kappa shape index (κ3) is 42.1. The van der Waals surface area contributed by atoms with Crippen LogP contribution in [0.25, 0.3) is 0 Å². The number of rotatable bonds is 18. The lowest BCUT2D eigenvalue weighted by Gasteiger charge is -2.30. The van der Waals surface area contributed by atoms with Crippen LogP contribution in [0, 0.1) is 5.92 Å². The first-order valence-electron chi connectivity index (χ1n) is 48.1. The zero-order valence-electron chi connectivity index (χ0n) is 82.8. The molecule has 7 fully saturated rings. The quantitative estimate of drug-likeness (QED) is 0.0374. The van der Waals surface area contributed by atoms with Gasteiger partial charge in [0.25, 0.3) is 30.1 Å². The van der Waals surface area contributed by atoms with Gasteiger partial charge in [0.1, 0.15) is 41.7 Å². The summed E-state index contributed by atoms with van der Waals surface area (Å²) in [5.41, 5.74) is 10.9. The molecule has 0 bridgehead atoms. The number of aromatic nitrogens is 3. The Balaban J connectivity index is 0.000000233. The number of benzene rings is 2. The number of aliphatic hydroxyl groups excluding tert-OH is 6. The van der Waals surface area contributed by atoms with E-state index in [1.165, 1.54) is 65.9 Å². The molecular formula is C96H152N16O25S3. The number of likely N-dealkylation sites (tertiary alicyclic amines) is 2. The highest BCUT2D eigenvalue weighted by atomic mass is 32.2. The minimum Gasteiger partial charge on any atom is -0.445 e. The molecule has 9 heterocycles. The number of carbonyl (C=O) groups is 7. The number of carbonyl (C=O) groups excluding carboxylic acids is 7. The average Bonchev–Trinajstić information content (AvgIpc) is 1.49. The Hall–Kier alpha value is -9.65. The summed E-state index contributed by atoms with van der Waals surface area (Å²) in [5, 5.41) is 77.6. The van der Waals surface area contributed by atoms with Crippen molar-refractivity contribution in [3.8, 4) is 0 Å². The van der Waals surface area contributed by atoms with Crippen LogP contribution in [0.4, 0.5) is 28.8 Å². The van der Waals surface area contributed by atoms with Crippen molar-refractivity contribution in [2.24, 2.45) is 17.4 Å². The molecule has 1 aliphatic carbocycles. The minimum atomic E-state index is -3.86. The van der Waals surface area contributed by atoms with E-state index in [2.05, 4.69) is 46.9 Å². The van der Waals surface area contributed by atoms with Gasteiger partial charge in [-0.1, -0.05) is 111 Å². The van der Waals surface area contributed by atoms with Crippen LogP contribution in [0.5, 0.6) is 0 Å². The van der Waals surface area contributed by atoms with E-state index in [9.17, 15) is 89.5 Å². The Morgan fingerprint density at radius 3 is 1.09 bits per heavy atom. The molecule has 12 rings (SSSR count). The summed E-state index contributed by atoms with van der Waals surface area (Å²) in [4.78, 5) is 100. The van der Waals surface area contributed by atoms with Crippen LogP contribution in [0.1, 0.15) is 210 Å². The third-order valence-corrected chi connectivity index (χ3v) is 28.5. The van der Waals surface area contributed by atoms with Gasteiger partial charge in [-0.3, -0.25) is 4.79 Å². The first kappa shape index (κ1) is 117. The number of hydrogen-bond donors (Lipinski definition) is 14. The maximum atomic E-state index is 13.3. The first-order chi connectivity index (χ1) is 65.9. The molecule has 2 aromatic carbocycles. The van der Waals surface area contributed by atoms with Gasteiger partial charge in [0.05, 0.1) is 73.9 Å². The van der Waals surface area contributed by atoms with Crippen LogP contribution in [0.2, 0.25) is 0 Å². The van der Waals surface area contributed by atoms with Crippen molar-refractivity contribution >= 4 is 72.5 Å². The number of ether oxygens (including phenoxy) is 6. The molecule has 13 atom stereocenters. The Kier molecular flexibility index (Phi) is 47.3. The molecule has 0 spiro atoms. The Bertz CT molecular complexity index is 4940. The lowest BCUT2D eigenvalue weighted by atomic mass is 9.84. The Labute approximate surface area is 824 Å². The summed E-state index contributed by atoms with van der Waals surface area (Å²) in [5.74, 6) is -0.0704. The number of amides is 7. The van der Waals surface area contributed by atoms with E-state index in [0.717, 1.165) is 69.0 Å². The van der Waals surface area contributed by atoms with Gasteiger partial charge in [-0.05, 0) is 227 Å². The highest BCUT2D eigenvalue weighted by Crippen LogP contribution is 2.30. The fraction of sp³-hybridized carbons (Fsp3) is 0.646. The third-order valence-electron chi connectivity index (χ3n) is 23.1. The number of nitrogens with zero attached hydrogens (tertiary/aromatic N) is 8. The Morgan fingerprint density at radius 1 is 0.386 bits per heavy atom. The van der Waals surface area contributed by atoms with Crippen LogP contribution in [0.15, 0.2) is 149 Å². The molecule has 3 aromatic heterocycles. The van der Waals surface area contributed by atoms with Gasteiger partial charge in [-0.25, -0.2) is 69.0 Å². The maximum absolute atomic E-state index is 13.3. The van der Waals surface area contributed by atoms with Gasteiger partial charge in [-0.15, -0.1) is 0 Å². The van der Waals surface area contributed by atoms with E-state index in [1.807, 2.05) is 81.4 Å². The molecule has 0 radical (unpaired) electrons. The highest BCUT2D eigenvalue weighted by molar-refractivity contribution is 7.89. The standard InChI is InChI=1S/C25H40N4O6S.C19H28N2O5.C16H25N3O5S.C14H20N2O3.C11H17N3O3S.C11H22N2O3/c1-25(2,3)35-24(32)28-20(16-18-10-5-4-6-11-18)23(31)27-19-12-9-15-29(17-21(19)30)36(33,34)22-13-7-8-14-26-22;1-19(2,3)26-17(23)20-15-10-7-11-21(12-16(15)22)18(24)25-13-14-8-5-4-6-9-14;1-16(2,3)24-15(21)18-12-7-6-10-19(11-13(12)20)25(22,23)14-8-4-5-9-17-14;15-12-7-4-8-16(9-13(12)17)14(18)19-10-11-5-2-1-3-6-11;12-9-4-3-7-14(8-10(9)15)18(16,17)11-5-1-2-6-13-11;1-11(2,3)16-10(15)13-8-5-4-6-12-7-9(8)14/h7-8,13-14,18-21,30H,4-6,9-12,15-17H2,1-3H3,(H,27,31)(H,28,32);4-6,8-9,15-16,22H,7,10-13H2,1-3H3,(H,20,23);4-5,8-9,12-13,20H,6-7,10-11H2,1-3H3,(H,18,21);1-3,5-6,12-13,17H,4,7-10,15H2;1-2,5-6,9-10,15H,3-4,7-8,12H2;8-9,12,14H,4-7H2,1-3H3,(H,13,15)/t19?,20-,21?;15-,16-;2*12-,13-;9-,10-;8-,9-/m011111/s1. The number of aliphatic hydroxyl groups is 6. The molecule has 1 saturated carbocycles. The summed E-state index contributed by atoms with van der Waals surface area (Å²) >= 11 is 0. The van der Waals surface area contributed by atoms with Crippen molar-refractivity contribution in [1.29, 1.82) is 0 Å². The highest BCUT2D eigenvalue weighted by Gasteiger charge is 2.41. The van der Waals surface area contributed by atoms with Crippen molar-refractivity contribution in [3.63, 3.8) is 0 Å². The van der Waals surface area contributed by atoms with Crippen LogP contribution in [0.3, 0.4) is 0 Å². The topological polar surface area (TPSA) is 578 Å². The minimum absolute atomic E-state index is 0.00710. The predicted octanol–water partition coefficient (Wildman–Crippen LogP) is 7.65. The summed E-state index contributed by atoms with van der Waals surface area (Å²) < 4.78 is 111. The van der Waals surface area contributed by atoms with Gasteiger partial charge >= 0.3 is 36.6 Å². The number of alkyl carbamates (subject to hydrolysis) is 4. The molecule has 7 amide bonds. The molecule has 6 saturated heterocycles. The van der Waals surface area contributed by atoms with Crippen molar-refractivity contribution in [1.82, 2.24) is 69.6 Å². The van der Waals surface area contributed by atoms with E-state index in [0.29, 0.717) is 89.9 Å².